The summed E-state index contributed by atoms with van der Waals surface area (Å²) in [6.07, 6.45) is 0.992. The van der Waals surface area contributed by atoms with Crippen LogP contribution in [0.25, 0.3) is 0 Å². The largest absolute Gasteiger partial charge is 0.490 e. The van der Waals surface area contributed by atoms with Gasteiger partial charge in [-0.15, -0.1) is 12.4 Å². The summed E-state index contributed by atoms with van der Waals surface area (Å²) in [5.41, 5.74) is 1.11. The van der Waals surface area contributed by atoms with E-state index < -0.39 is 0 Å². The van der Waals surface area contributed by atoms with Crippen LogP contribution >= 0.6 is 12.4 Å². The first-order chi connectivity index (χ1) is 10.2. The van der Waals surface area contributed by atoms with E-state index in [1.54, 1.807) is 0 Å². The molecule has 4 heteroatoms. The molecule has 2 aromatic carbocycles. The van der Waals surface area contributed by atoms with Gasteiger partial charge in [-0.05, 0) is 51.2 Å². The molecule has 0 fully saturated rings. The lowest BCUT2D eigenvalue weighted by atomic mass is 10.2. The normalized spacial score (nSPS) is 10.2. The van der Waals surface area contributed by atoms with Crippen LogP contribution in [-0.4, -0.2) is 32.1 Å². The molecule has 0 bridgehead atoms. The smallest absolute Gasteiger partial charge is 0.169 e. The highest BCUT2D eigenvalue weighted by Crippen LogP contribution is 2.32. The third-order valence-corrected chi connectivity index (χ3v) is 3.17. The van der Waals surface area contributed by atoms with Crippen LogP contribution in [0.4, 0.5) is 0 Å². The van der Waals surface area contributed by atoms with E-state index in [-0.39, 0.29) is 12.4 Å². The second-order valence-corrected chi connectivity index (χ2v) is 5.32. The van der Waals surface area contributed by atoms with E-state index in [0.29, 0.717) is 6.61 Å². The standard InChI is InChI=1S/C18H23NO2.ClH/c1-15-9-4-5-10-16(15)21-18-12-7-6-11-17(18)20-14-8-13-19(2)3;/h4-7,9-12H,8,13-14H2,1-3H3;1H. The molecule has 0 unspecified atom stereocenters. The van der Waals surface area contributed by atoms with Crippen molar-refractivity contribution in [1.29, 1.82) is 0 Å². The summed E-state index contributed by atoms with van der Waals surface area (Å²) < 4.78 is 11.8. The van der Waals surface area contributed by atoms with Gasteiger partial charge in [0.25, 0.3) is 0 Å². The van der Waals surface area contributed by atoms with Crippen molar-refractivity contribution in [3.63, 3.8) is 0 Å². The van der Waals surface area contributed by atoms with Gasteiger partial charge in [0.2, 0.25) is 0 Å². The Hall–Kier alpha value is -1.71. The predicted octanol–water partition coefficient (Wildman–Crippen LogP) is 4.54. The number of benzene rings is 2. The first-order valence-electron chi connectivity index (χ1n) is 7.27. The molecule has 0 aromatic heterocycles. The Balaban J connectivity index is 0.00000242. The van der Waals surface area contributed by atoms with Gasteiger partial charge in [-0.3, -0.25) is 0 Å². The lowest BCUT2D eigenvalue weighted by Crippen LogP contribution is -2.15. The van der Waals surface area contributed by atoms with E-state index in [1.165, 1.54) is 0 Å². The van der Waals surface area contributed by atoms with Crippen molar-refractivity contribution >= 4 is 12.4 Å². The summed E-state index contributed by atoms with van der Waals surface area (Å²) >= 11 is 0. The first kappa shape index (κ1) is 18.3. The van der Waals surface area contributed by atoms with Crippen molar-refractivity contribution in [3.05, 3.63) is 54.1 Å². The molecule has 0 amide bonds. The zero-order valence-corrected chi connectivity index (χ0v) is 14.2. The van der Waals surface area contributed by atoms with Crippen molar-refractivity contribution in [3.8, 4) is 17.2 Å². The molecule has 2 aromatic rings. The maximum atomic E-state index is 5.98. The van der Waals surface area contributed by atoms with Gasteiger partial charge in [0.05, 0.1) is 6.61 Å². The van der Waals surface area contributed by atoms with Gasteiger partial charge in [0.15, 0.2) is 11.5 Å². The van der Waals surface area contributed by atoms with Crippen LogP contribution in [0, 0.1) is 6.92 Å². The van der Waals surface area contributed by atoms with E-state index in [4.69, 9.17) is 9.47 Å². The number of ether oxygens (including phenoxy) is 2. The maximum Gasteiger partial charge on any atom is 0.169 e. The van der Waals surface area contributed by atoms with Crippen LogP contribution in [0.1, 0.15) is 12.0 Å². The van der Waals surface area contributed by atoms with Crippen molar-refractivity contribution < 1.29 is 9.47 Å². The van der Waals surface area contributed by atoms with Crippen LogP contribution in [0.3, 0.4) is 0 Å². The van der Waals surface area contributed by atoms with Gasteiger partial charge in [-0.2, -0.15) is 0 Å². The predicted molar refractivity (Wildman–Crippen MR) is 93.6 cm³/mol. The molecule has 0 spiro atoms. The van der Waals surface area contributed by atoms with Crippen molar-refractivity contribution in [2.75, 3.05) is 27.2 Å². The zero-order chi connectivity index (χ0) is 15.1. The number of hydrogen-bond acceptors (Lipinski definition) is 3. The molecule has 22 heavy (non-hydrogen) atoms. The van der Waals surface area contributed by atoms with E-state index in [9.17, 15) is 0 Å². The number of nitrogens with zero attached hydrogens (tertiary/aromatic N) is 1. The maximum absolute atomic E-state index is 5.98. The van der Waals surface area contributed by atoms with Crippen molar-refractivity contribution in [1.82, 2.24) is 4.90 Å². The summed E-state index contributed by atoms with van der Waals surface area (Å²) in [5.74, 6) is 2.41. The molecule has 0 aliphatic rings. The summed E-state index contributed by atoms with van der Waals surface area (Å²) in [6, 6.07) is 15.8. The molecule has 0 aliphatic carbocycles. The van der Waals surface area contributed by atoms with Crippen molar-refractivity contribution in [2.45, 2.75) is 13.3 Å². The van der Waals surface area contributed by atoms with Gasteiger partial charge in [0.1, 0.15) is 5.75 Å². The third-order valence-electron chi connectivity index (χ3n) is 3.17. The number of hydrogen-bond donors (Lipinski definition) is 0. The Morgan fingerprint density at radius 1 is 0.864 bits per heavy atom. The van der Waals surface area contributed by atoms with E-state index in [2.05, 4.69) is 19.0 Å². The molecular formula is C18H24ClNO2. The average molecular weight is 322 g/mol. The second kappa shape index (κ2) is 9.34. The van der Waals surface area contributed by atoms with Crippen LogP contribution in [0.5, 0.6) is 17.2 Å². The molecule has 0 saturated carbocycles. The fourth-order valence-corrected chi connectivity index (χ4v) is 2.01. The lowest BCUT2D eigenvalue weighted by Gasteiger charge is -2.14. The van der Waals surface area contributed by atoms with Crippen LogP contribution in [0.15, 0.2) is 48.5 Å². The monoisotopic (exact) mass is 321 g/mol. The van der Waals surface area contributed by atoms with E-state index in [1.807, 2.05) is 55.5 Å². The molecular weight excluding hydrogens is 298 g/mol. The van der Waals surface area contributed by atoms with Gasteiger partial charge in [0, 0.05) is 6.54 Å². The zero-order valence-electron chi connectivity index (χ0n) is 13.4. The Morgan fingerprint density at radius 2 is 1.45 bits per heavy atom. The van der Waals surface area contributed by atoms with E-state index in [0.717, 1.165) is 35.8 Å². The van der Waals surface area contributed by atoms with Gasteiger partial charge < -0.3 is 14.4 Å². The first-order valence-corrected chi connectivity index (χ1v) is 7.27. The van der Waals surface area contributed by atoms with Crippen molar-refractivity contribution in [2.24, 2.45) is 0 Å². The topological polar surface area (TPSA) is 21.7 Å². The van der Waals surface area contributed by atoms with Crippen LogP contribution in [-0.2, 0) is 0 Å². The summed E-state index contributed by atoms with van der Waals surface area (Å²) in [4.78, 5) is 2.15. The SMILES string of the molecule is Cc1ccccc1Oc1ccccc1OCCCN(C)C.Cl. The molecule has 0 aliphatic heterocycles. The molecule has 0 N–H and O–H groups in total. The number of rotatable bonds is 7. The fraction of sp³-hybridized carbons (Fsp3) is 0.333. The Kier molecular flexibility index (Phi) is 7.78. The number of aryl methyl sites for hydroxylation is 1. The summed E-state index contributed by atoms with van der Waals surface area (Å²) in [7, 11) is 4.13. The second-order valence-electron chi connectivity index (χ2n) is 5.32. The minimum absolute atomic E-state index is 0. The number of halogens is 1. The highest BCUT2D eigenvalue weighted by Gasteiger charge is 2.07. The molecule has 0 radical (unpaired) electrons. The highest BCUT2D eigenvalue weighted by molar-refractivity contribution is 5.85. The van der Waals surface area contributed by atoms with Crippen LogP contribution < -0.4 is 9.47 Å². The van der Waals surface area contributed by atoms with Gasteiger partial charge >= 0.3 is 0 Å². The quantitative estimate of drug-likeness (QED) is 0.699. The minimum Gasteiger partial charge on any atom is -0.490 e. The van der Waals surface area contributed by atoms with Gasteiger partial charge in [-0.25, -0.2) is 0 Å². The van der Waals surface area contributed by atoms with Gasteiger partial charge in [-0.1, -0.05) is 30.3 Å². The molecule has 3 nitrogen and oxygen atoms in total. The molecule has 2 rings (SSSR count). The molecule has 0 heterocycles. The Morgan fingerprint density at radius 3 is 2.09 bits per heavy atom. The summed E-state index contributed by atoms with van der Waals surface area (Å²) in [5, 5.41) is 0. The molecule has 0 atom stereocenters. The average Bonchev–Trinajstić information content (AvgIpc) is 2.47. The fourth-order valence-electron chi connectivity index (χ4n) is 2.01. The third kappa shape index (κ3) is 5.58. The molecule has 0 saturated heterocycles. The Labute approximate surface area is 139 Å². The van der Waals surface area contributed by atoms with Crippen LogP contribution in [0.2, 0.25) is 0 Å². The Bertz CT molecular complexity index is 573. The molecule has 120 valence electrons. The van der Waals surface area contributed by atoms with E-state index >= 15 is 0 Å². The summed E-state index contributed by atoms with van der Waals surface area (Å²) in [6.45, 7) is 3.74. The number of para-hydroxylation sites is 3. The highest BCUT2D eigenvalue weighted by atomic mass is 35.5. The minimum atomic E-state index is 0. The lowest BCUT2D eigenvalue weighted by molar-refractivity contribution is 0.272.